The number of halogens is 1. The molecular formula is C12H13ClN2S. The first-order chi connectivity index (χ1) is 7.79. The second kappa shape index (κ2) is 5.32. The Morgan fingerprint density at radius 2 is 2.19 bits per heavy atom. The molecular weight excluding hydrogens is 240 g/mol. The van der Waals surface area contributed by atoms with Gasteiger partial charge in [-0.25, -0.2) is 4.98 Å². The summed E-state index contributed by atoms with van der Waals surface area (Å²) in [5.41, 5.74) is 2.37. The number of nitrogens with zero attached hydrogens (tertiary/aromatic N) is 2. The van der Waals surface area contributed by atoms with E-state index in [9.17, 15) is 0 Å². The zero-order valence-corrected chi connectivity index (χ0v) is 10.6. The highest BCUT2D eigenvalue weighted by atomic mass is 35.5. The third-order valence-electron chi connectivity index (χ3n) is 2.35. The third kappa shape index (κ3) is 2.74. The molecule has 0 saturated heterocycles. The second-order valence-electron chi connectivity index (χ2n) is 3.65. The largest absolute Gasteiger partial charge is 0.355 e. The summed E-state index contributed by atoms with van der Waals surface area (Å²) >= 11 is 7.44. The second-order valence-corrected chi connectivity index (χ2v) is 4.69. The van der Waals surface area contributed by atoms with Gasteiger partial charge in [-0.2, -0.15) is 11.3 Å². The quantitative estimate of drug-likeness (QED) is 0.774. The van der Waals surface area contributed by atoms with Crippen molar-refractivity contribution < 1.29 is 0 Å². The van der Waals surface area contributed by atoms with Crippen molar-refractivity contribution in [1.82, 2.24) is 4.98 Å². The van der Waals surface area contributed by atoms with Crippen LogP contribution in [-0.2, 0) is 12.4 Å². The maximum absolute atomic E-state index is 5.72. The number of aromatic nitrogens is 1. The summed E-state index contributed by atoms with van der Waals surface area (Å²) in [5, 5.41) is 4.25. The van der Waals surface area contributed by atoms with Gasteiger partial charge in [0.2, 0.25) is 0 Å². The van der Waals surface area contributed by atoms with Crippen molar-refractivity contribution >= 4 is 28.8 Å². The Morgan fingerprint density at radius 1 is 1.31 bits per heavy atom. The van der Waals surface area contributed by atoms with Gasteiger partial charge in [0.05, 0.1) is 0 Å². The SMILES string of the molecule is CN(Cc1ccsc1)c1ccc(CCl)cn1. The Kier molecular flexibility index (Phi) is 3.80. The maximum atomic E-state index is 5.72. The van der Waals surface area contributed by atoms with E-state index in [0.29, 0.717) is 5.88 Å². The number of thiophene rings is 1. The van der Waals surface area contributed by atoms with Crippen LogP contribution in [-0.4, -0.2) is 12.0 Å². The lowest BCUT2D eigenvalue weighted by molar-refractivity contribution is 0.900. The predicted molar refractivity (Wildman–Crippen MR) is 70.2 cm³/mol. The van der Waals surface area contributed by atoms with Crippen LogP contribution in [0.25, 0.3) is 0 Å². The molecule has 0 unspecified atom stereocenters. The molecule has 0 aliphatic rings. The maximum Gasteiger partial charge on any atom is 0.128 e. The number of pyridine rings is 1. The molecule has 0 N–H and O–H groups in total. The van der Waals surface area contributed by atoms with Crippen molar-refractivity contribution in [2.75, 3.05) is 11.9 Å². The van der Waals surface area contributed by atoms with E-state index in [4.69, 9.17) is 11.6 Å². The summed E-state index contributed by atoms with van der Waals surface area (Å²) in [4.78, 5) is 6.50. The fraction of sp³-hybridized carbons (Fsp3) is 0.250. The van der Waals surface area contributed by atoms with Crippen molar-refractivity contribution in [3.8, 4) is 0 Å². The minimum atomic E-state index is 0.515. The molecule has 0 spiro atoms. The van der Waals surface area contributed by atoms with Crippen LogP contribution in [0.2, 0.25) is 0 Å². The fourth-order valence-electron chi connectivity index (χ4n) is 1.46. The van der Waals surface area contributed by atoms with Gasteiger partial charge in [-0.15, -0.1) is 11.6 Å². The topological polar surface area (TPSA) is 16.1 Å². The van der Waals surface area contributed by atoms with Crippen LogP contribution in [0.1, 0.15) is 11.1 Å². The molecule has 0 radical (unpaired) electrons. The molecule has 2 aromatic rings. The van der Waals surface area contributed by atoms with Crippen molar-refractivity contribution in [3.05, 3.63) is 46.3 Å². The van der Waals surface area contributed by atoms with Crippen LogP contribution in [0, 0.1) is 0 Å². The van der Waals surface area contributed by atoms with Crippen LogP contribution < -0.4 is 4.90 Å². The average Bonchev–Trinajstić information content (AvgIpc) is 2.82. The molecule has 2 rings (SSSR count). The van der Waals surface area contributed by atoms with Crippen molar-refractivity contribution in [2.24, 2.45) is 0 Å². The predicted octanol–water partition coefficient (Wildman–Crippen LogP) is 3.52. The van der Waals surface area contributed by atoms with Crippen LogP contribution in [0.3, 0.4) is 0 Å². The van der Waals surface area contributed by atoms with Gasteiger partial charge < -0.3 is 4.90 Å². The van der Waals surface area contributed by atoms with Crippen LogP contribution in [0.4, 0.5) is 5.82 Å². The first kappa shape index (κ1) is 11.4. The van der Waals surface area contributed by atoms with E-state index in [-0.39, 0.29) is 0 Å². The zero-order valence-electron chi connectivity index (χ0n) is 9.06. The minimum absolute atomic E-state index is 0.515. The first-order valence-electron chi connectivity index (χ1n) is 5.02. The minimum Gasteiger partial charge on any atom is -0.355 e. The molecule has 0 aliphatic carbocycles. The van der Waals surface area contributed by atoms with Gasteiger partial charge >= 0.3 is 0 Å². The van der Waals surface area contributed by atoms with E-state index >= 15 is 0 Å². The molecule has 4 heteroatoms. The summed E-state index contributed by atoms with van der Waals surface area (Å²) < 4.78 is 0. The number of alkyl halides is 1. The van der Waals surface area contributed by atoms with Crippen molar-refractivity contribution in [3.63, 3.8) is 0 Å². The van der Waals surface area contributed by atoms with Crippen LogP contribution in [0.5, 0.6) is 0 Å². The molecule has 0 bridgehead atoms. The van der Waals surface area contributed by atoms with Crippen LogP contribution in [0.15, 0.2) is 35.2 Å². The zero-order chi connectivity index (χ0) is 11.4. The summed E-state index contributed by atoms with van der Waals surface area (Å²) in [6.45, 7) is 0.886. The van der Waals surface area contributed by atoms with E-state index in [1.54, 1.807) is 11.3 Å². The van der Waals surface area contributed by atoms with Crippen molar-refractivity contribution in [2.45, 2.75) is 12.4 Å². The average molecular weight is 253 g/mol. The fourth-order valence-corrected chi connectivity index (χ4v) is 2.28. The lowest BCUT2D eigenvalue weighted by atomic mass is 10.3. The van der Waals surface area contributed by atoms with Gasteiger partial charge in [0.1, 0.15) is 5.82 Å². The van der Waals surface area contributed by atoms with E-state index in [1.807, 2.05) is 25.4 Å². The molecule has 0 amide bonds. The molecule has 0 saturated carbocycles. The van der Waals surface area contributed by atoms with E-state index < -0.39 is 0 Å². The molecule has 84 valence electrons. The third-order valence-corrected chi connectivity index (χ3v) is 3.40. The highest BCUT2D eigenvalue weighted by Gasteiger charge is 2.03. The molecule has 0 aliphatic heterocycles. The van der Waals surface area contributed by atoms with Gasteiger partial charge in [-0.05, 0) is 34.0 Å². The highest BCUT2D eigenvalue weighted by Crippen LogP contribution is 2.15. The first-order valence-corrected chi connectivity index (χ1v) is 6.50. The molecule has 0 atom stereocenters. The van der Waals surface area contributed by atoms with Gasteiger partial charge in [-0.3, -0.25) is 0 Å². The molecule has 2 heterocycles. The Labute approximate surface area is 105 Å². The standard InChI is InChI=1S/C12H13ClN2S/c1-15(8-11-4-5-16-9-11)12-3-2-10(6-13)7-14-12/h2-5,7,9H,6,8H2,1H3. The molecule has 2 nitrogen and oxygen atoms in total. The molecule has 0 aromatic carbocycles. The van der Waals surface area contributed by atoms with Gasteiger partial charge in [0.25, 0.3) is 0 Å². The number of rotatable bonds is 4. The number of hydrogen-bond acceptors (Lipinski definition) is 3. The Bertz CT molecular complexity index is 425. The monoisotopic (exact) mass is 252 g/mol. The van der Waals surface area contributed by atoms with E-state index in [2.05, 4.69) is 26.7 Å². The van der Waals surface area contributed by atoms with Gasteiger partial charge in [-0.1, -0.05) is 6.07 Å². The molecule has 16 heavy (non-hydrogen) atoms. The lowest BCUT2D eigenvalue weighted by Gasteiger charge is -2.17. The summed E-state index contributed by atoms with van der Waals surface area (Å²) in [7, 11) is 2.04. The van der Waals surface area contributed by atoms with Gasteiger partial charge in [0, 0.05) is 25.7 Å². The lowest BCUT2D eigenvalue weighted by Crippen LogP contribution is -2.17. The highest BCUT2D eigenvalue weighted by molar-refractivity contribution is 7.07. The Morgan fingerprint density at radius 3 is 2.75 bits per heavy atom. The molecule has 0 fully saturated rings. The van der Waals surface area contributed by atoms with E-state index in [1.165, 1.54) is 5.56 Å². The summed E-state index contributed by atoms with van der Waals surface area (Å²) in [5.74, 6) is 1.49. The van der Waals surface area contributed by atoms with Crippen LogP contribution >= 0.6 is 22.9 Å². The summed E-state index contributed by atoms with van der Waals surface area (Å²) in [6.07, 6.45) is 1.83. The van der Waals surface area contributed by atoms with Gasteiger partial charge in [0.15, 0.2) is 0 Å². The Balaban J connectivity index is 2.05. The van der Waals surface area contributed by atoms with E-state index in [0.717, 1.165) is 17.9 Å². The normalized spacial score (nSPS) is 10.4. The molecule has 2 aromatic heterocycles. The number of hydrogen-bond donors (Lipinski definition) is 0. The van der Waals surface area contributed by atoms with Crippen molar-refractivity contribution in [1.29, 1.82) is 0 Å². The Hall–Kier alpha value is -1.06. The number of anilines is 1. The smallest absolute Gasteiger partial charge is 0.128 e. The summed E-state index contributed by atoms with van der Waals surface area (Å²) in [6, 6.07) is 6.15.